The van der Waals surface area contributed by atoms with E-state index in [1.165, 1.54) is 7.05 Å². The minimum absolute atomic E-state index is 0.0737. The van der Waals surface area contributed by atoms with Crippen LogP contribution in [-0.4, -0.2) is 40.7 Å². The normalized spacial score (nSPS) is 18.5. The monoisotopic (exact) mass is 190 g/mol. The topological polar surface area (TPSA) is 57.7 Å². The summed E-state index contributed by atoms with van der Waals surface area (Å²) >= 11 is 5.09. The Kier molecular flexibility index (Phi) is 2.32. The van der Waals surface area contributed by atoms with Gasteiger partial charge in [-0.05, 0) is 11.6 Å². The molecular weight excluding hydrogens is 184 g/mol. The molecule has 0 bridgehead atoms. The van der Waals surface area contributed by atoms with Crippen LogP contribution < -0.4 is 0 Å². The molecule has 66 valence electrons. The lowest BCUT2D eigenvalue weighted by atomic mass is 10.3. The molecule has 0 saturated carbocycles. The van der Waals surface area contributed by atoms with E-state index in [4.69, 9.17) is 11.6 Å². The van der Waals surface area contributed by atoms with Gasteiger partial charge in [-0.2, -0.15) is 0 Å². The Labute approximate surface area is 73.9 Å². The number of imide groups is 2. The van der Waals surface area contributed by atoms with Crippen LogP contribution in [0.15, 0.2) is 0 Å². The van der Waals surface area contributed by atoms with Crippen molar-refractivity contribution in [2.24, 2.45) is 0 Å². The molecule has 0 radical (unpaired) electrons. The maximum Gasteiger partial charge on any atom is 0.334 e. The molecule has 0 unspecified atom stereocenters. The zero-order valence-corrected chi connectivity index (χ0v) is 7.17. The number of hydrogen-bond donors (Lipinski definition) is 0. The summed E-state index contributed by atoms with van der Waals surface area (Å²) in [4.78, 5) is 34.3. The molecule has 1 aliphatic rings. The van der Waals surface area contributed by atoms with Gasteiger partial charge in [-0.15, -0.1) is 0 Å². The molecule has 1 heterocycles. The molecule has 6 heteroatoms. The molecule has 1 rings (SSSR count). The first-order valence-corrected chi connectivity index (χ1v) is 3.69. The SMILES string of the molecule is CN1C(=O)CCN(C(=O)Cl)C1=O. The van der Waals surface area contributed by atoms with E-state index in [0.717, 1.165) is 9.80 Å². The van der Waals surface area contributed by atoms with Gasteiger partial charge in [0.15, 0.2) is 0 Å². The average Bonchev–Trinajstić information content (AvgIpc) is 2.00. The van der Waals surface area contributed by atoms with E-state index in [1.54, 1.807) is 0 Å². The molecular formula is C6H7ClN2O3. The highest BCUT2D eigenvalue weighted by Gasteiger charge is 2.31. The number of carbonyl (C=O) groups is 3. The van der Waals surface area contributed by atoms with Crippen LogP contribution in [0.25, 0.3) is 0 Å². The molecule has 0 atom stereocenters. The number of urea groups is 1. The molecule has 0 aromatic rings. The van der Waals surface area contributed by atoms with E-state index in [2.05, 4.69) is 0 Å². The maximum atomic E-state index is 11.1. The molecule has 4 amide bonds. The van der Waals surface area contributed by atoms with Crippen LogP contribution in [0.3, 0.4) is 0 Å². The second kappa shape index (κ2) is 3.10. The molecule has 0 aliphatic carbocycles. The second-order valence-electron chi connectivity index (χ2n) is 2.39. The fraction of sp³-hybridized carbons (Fsp3) is 0.500. The van der Waals surface area contributed by atoms with E-state index in [9.17, 15) is 14.4 Å². The zero-order chi connectivity index (χ0) is 9.30. The molecule has 1 saturated heterocycles. The molecule has 12 heavy (non-hydrogen) atoms. The van der Waals surface area contributed by atoms with Crippen molar-refractivity contribution in [2.75, 3.05) is 13.6 Å². The van der Waals surface area contributed by atoms with Crippen LogP contribution in [0.2, 0.25) is 0 Å². The predicted molar refractivity (Wildman–Crippen MR) is 40.7 cm³/mol. The maximum absolute atomic E-state index is 11.1. The van der Waals surface area contributed by atoms with Gasteiger partial charge < -0.3 is 0 Å². The van der Waals surface area contributed by atoms with Crippen LogP contribution in [0.1, 0.15) is 6.42 Å². The van der Waals surface area contributed by atoms with Crippen LogP contribution in [0, 0.1) is 0 Å². The third-order valence-electron chi connectivity index (χ3n) is 1.65. The number of rotatable bonds is 0. The van der Waals surface area contributed by atoms with Gasteiger partial charge in [0.05, 0.1) is 0 Å². The first-order valence-electron chi connectivity index (χ1n) is 3.31. The lowest BCUT2D eigenvalue weighted by Crippen LogP contribution is -2.51. The van der Waals surface area contributed by atoms with Crippen molar-refractivity contribution in [2.45, 2.75) is 6.42 Å². The zero-order valence-electron chi connectivity index (χ0n) is 6.41. The van der Waals surface area contributed by atoms with E-state index in [-0.39, 0.29) is 18.9 Å². The molecule has 0 aromatic heterocycles. The van der Waals surface area contributed by atoms with Crippen molar-refractivity contribution < 1.29 is 14.4 Å². The molecule has 0 spiro atoms. The highest BCUT2D eigenvalue weighted by molar-refractivity contribution is 6.64. The van der Waals surface area contributed by atoms with Crippen molar-refractivity contribution in [1.29, 1.82) is 0 Å². The summed E-state index contributed by atoms with van der Waals surface area (Å²) in [5.41, 5.74) is 0. The van der Waals surface area contributed by atoms with Gasteiger partial charge in [-0.3, -0.25) is 14.5 Å². The van der Waals surface area contributed by atoms with Crippen molar-refractivity contribution in [3.05, 3.63) is 0 Å². The third kappa shape index (κ3) is 1.40. The average molecular weight is 191 g/mol. The van der Waals surface area contributed by atoms with E-state index in [1.807, 2.05) is 0 Å². The van der Waals surface area contributed by atoms with Gasteiger partial charge in [0, 0.05) is 20.0 Å². The van der Waals surface area contributed by atoms with Crippen molar-refractivity contribution in [3.63, 3.8) is 0 Å². The largest absolute Gasteiger partial charge is 0.334 e. The Bertz CT molecular complexity index is 253. The van der Waals surface area contributed by atoms with E-state index in [0.29, 0.717) is 0 Å². The number of carbonyl (C=O) groups excluding carboxylic acids is 3. The summed E-state index contributed by atoms with van der Waals surface area (Å²) in [5.74, 6) is -0.297. The van der Waals surface area contributed by atoms with Gasteiger partial charge in [-0.25, -0.2) is 9.69 Å². The molecule has 1 aliphatic heterocycles. The van der Waals surface area contributed by atoms with Gasteiger partial charge in [0.1, 0.15) is 0 Å². The summed E-state index contributed by atoms with van der Waals surface area (Å²) in [6.45, 7) is 0.0737. The van der Waals surface area contributed by atoms with Crippen molar-refractivity contribution >= 4 is 28.9 Å². The molecule has 1 fully saturated rings. The van der Waals surface area contributed by atoms with Crippen LogP contribution in [0.4, 0.5) is 9.59 Å². The lowest BCUT2D eigenvalue weighted by Gasteiger charge is -2.28. The van der Waals surface area contributed by atoms with Gasteiger partial charge in [0.2, 0.25) is 5.91 Å². The van der Waals surface area contributed by atoms with Gasteiger partial charge in [0.25, 0.3) is 0 Å². The van der Waals surface area contributed by atoms with Crippen molar-refractivity contribution in [3.8, 4) is 0 Å². The van der Waals surface area contributed by atoms with Gasteiger partial charge >= 0.3 is 11.4 Å². The van der Waals surface area contributed by atoms with Crippen molar-refractivity contribution in [1.82, 2.24) is 9.80 Å². The van der Waals surface area contributed by atoms with Gasteiger partial charge in [-0.1, -0.05) is 0 Å². The quantitative estimate of drug-likeness (QED) is 0.416. The summed E-state index contributed by atoms with van der Waals surface area (Å²) in [5, 5.41) is -0.848. The van der Waals surface area contributed by atoms with E-state index >= 15 is 0 Å². The smallest absolute Gasteiger partial charge is 0.274 e. The summed E-state index contributed by atoms with van der Waals surface area (Å²) in [7, 11) is 1.32. The first kappa shape index (κ1) is 8.99. The Morgan fingerprint density at radius 1 is 1.50 bits per heavy atom. The lowest BCUT2D eigenvalue weighted by molar-refractivity contribution is -0.129. The fourth-order valence-corrected chi connectivity index (χ4v) is 1.08. The minimum Gasteiger partial charge on any atom is -0.274 e. The Morgan fingerprint density at radius 2 is 2.08 bits per heavy atom. The standard InChI is InChI=1S/C6H7ClN2O3/c1-8-4(10)2-3-9(5(7)11)6(8)12/h2-3H2,1H3. The first-order chi connectivity index (χ1) is 5.54. The van der Waals surface area contributed by atoms with E-state index < -0.39 is 11.4 Å². The highest BCUT2D eigenvalue weighted by Crippen LogP contribution is 2.10. The Morgan fingerprint density at radius 3 is 2.58 bits per heavy atom. The number of halogens is 1. The van der Waals surface area contributed by atoms with Crippen LogP contribution in [0.5, 0.6) is 0 Å². The Hall–Kier alpha value is -1.10. The number of nitrogens with zero attached hydrogens (tertiary/aromatic N) is 2. The molecule has 5 nitrogen and oxygen atoms in total. The highest BCUT2D eigenvalue weighted by atomic mass is 35.5. The summed E-state index contributed by atoms with van der Waals surface area (Å²) in [6.07, 6.45) is 0.140. The second-order valence-corrected chi connectivity index (χ2v) is 2.71. The van der Waals surface area contributed by atoms with Crippen LogP contribution in [-0.2, 0) is 4.79 Å². The predicted octanol–water partition coefficient (Wildman–Crippen LogP) is 0.629. The summed E-state index contributed by atoms with van der Waals surface area (Å²) < 4.78 is 0. The molecule has 0 aromatic carbocycles. The fourth-order valence-electron chi connectivity index (χ4n) is 0.922. The Balaban J connectivity index is 2.78. The number of amides is 4. The summed E-state index contributed by atoms with van der Waals surface area (Å²) in [6, 6.07) is -0.661. The minimum atomic E-state index is -0.848. The third-order valence-corrected chi connectivity index (χ3v) is 1.86. The number of hydrogen-bond acceptors (Lipinski definition) is 3. The molecule has 0 N–H and O–H groups in total. The van der Waals surface area contributed by atoms with Crippen LogP contribution >= 0.6 is 11.6 Å².